The maximum absolute atomic E-state index is 12.2. The van der Waals surface area contributed by atoms with Gasteiger partial charge >= 0.3 is 0 Å². The fraction of sp³-hybridized carbons (Fsp3) is 0.562. The molecular weight excluding hydrogens is 274 g/mol. The van der Waals surface area contributed by atoms with Gasteiger partial charge in [-0.25, -0.2) is 0 Å². The van der Waals surface area contributed by atoms with Crippen molar-refractivity contribution in [2.45, 2.75) is 53.2 Å². The molecule has 20 heavy (non-hydrogen) atoms. The van der Waals surface area contributed by atoms with E-state index >= 15 is 0 Å². The second-order valence-corrected chi connectivity index (χ2v) is 5.87. The Balaban J connectivity index is 2.71. The average Bonchev–Trinajstić information content (AvgIpc) is 2.39. The minimum atomic E-state index is -0.475. The van der Waals surface area contributed by atoms with Crippen LogP contribution in [0.15, 0.2) is 18.2 Å². The van der Waals surface area contributed by atoms with Gasteiger partial charge in [-0.1, -0.05) is 32.4 Å². The van der Waals surface area contributed by atoms with Crippen LogP contribution >= 0.6 is 11.6 Å². The molecule has 0 fully saturated rings. The zero-order valence-corrected chi connectivity index (χ0v) is 13.6. The molecule has 3 nitrogen and oxygen atoms in total. The third-order valence-corrected chi connectivity index (χ3v) is 3.86. The number of aryl methyl sites for hydroxylation is 1. The van der Waals surface area contributed by atoms with E-state index in [1.54, 1.807) is 12.1 Å². The summed E-state index contributed by atoms with van der Waals surface area (Å²) < 4.78 is 5.77. The minimum Gasteiger partial charge on any atom is -0.481 e. The molecule has 2 atom stereocenters. The summed E-state index contributed by atoms with van der Waals surface area (Å²) >= 11 is 5.98. The molecule has 1 amide bonds. The molecule has 0 radical (unpaired) electrons. The number of hydrogen-bond donors (Lipinski definition) is 1. The summed E-state index contributed by atoms with van der Waals surface area (Å²) in [6, 6.07) is 5.56. The van der Waals surface area contributed by atoms with E-state index < -0.39 is 6.10 Å². The number of carbonyl (C=O) groups is 1. The summed E-state index contributed by atoms with van der Waals surface area (Å²) in [5, 5.41) is 3.68. The number of rotatable bonds is 6. The van der Waals surface area contributed by atoms with Crippen LogP contribution in [0.1, 0.15) is 39.7 Å². The highest BCUT2D eigenvalue weighted by Gasteiger charge is 2.21. The van der Waals surface area contributed by atoms with E-state index in [0.717, 1.165) is 5.56 Å². The smallest absolute Gasteiger partial charge is 0.261 e. The number of nitrogens with one attached hydrogen (secondary N) is 1. The van der Waals surface area contributed by atoms with Gasteiger partial charge in [-0.05, 0) is 49.9 Å². The third kappa shape index (κ3) is 4.71. The molecule has 0 bridgehead atoms. The van der Waals surface area contributed by atoms with E-state index in [2.05, 4.69) is 19.2 Å². The molecule has 0 saturated heterocycles. The van der Waals surface area contributed by atoms with E-state index in [4.69, 9.17) is 16.3 Å². The molecule has 0 heterocycles. The lowest BCUT2D eigenvalue weighted by Crippen LogP contribution is -2.44. The summed E-state index contributed by atoms with van der Waals surface area (Å²) in [6.45, 7) is 10.0. The van der Waals surface area contributed by atoms with Crippen molar-refractivity contribution in [2.75, 3.05) is 0 Å². The quantitative estimate of drug-likeness (QED) is 0.863. The van der Waals surface area contributed by atoms with Crippen LogP contribution in [-0.2, 0) is 4.79 Å². The van der Waals surface area contributed by atoms with Gasteiger partial charge in [0, 0.05) is 11.1 Å². The van der Waals surface area contributed by atoms with Gasteiger partial charge in [-0.15, -0.1) is 0 Å². The molecule has 1 aromatic rings. The highest BCUT2D eigenvalue weighted by Crippen LogP contribution is 2.22. The minimum absolute atomic E-state index is 0.0682. The lowest BCUT2D eigenvalue weighted by Gasteiger charge is -2.22. The van der Waals surface area contributed by atoms with Gasteiger partial charge in [0.1, 0.15) is 5.75 Å². The zero-order valence-electron chi connectivity index (χ0n) is 12.9. The van der Waals surface area contributed by atoms with Gasteiger partial charge in [-0.3, -0.25) is 4.79 Å². The van der Waals surface area contributed by atoms with E-state index in [9.17, 15) is 4.79 Å². The van der Waals surface area contributed by atoms with Gasteiger partial charge in [0.25, 0.3) is 5.91 Å². The molecule has 1 aromatic carbocycles. The number of carbonyl (C=O) groups excluding carboxylic acids is 1. The first-order chi connectivity index (χ1) is 9.35. The van der Waals surface area contributed by atoms with Crippen molar-refractivity contribution < 1.29 is 9.53 Å². The van der Waals surface area contributed by atoms with E-state index in [1.165, 1.54) is 0 Å². The monoisotopic (exact) mass is 297 g/mol. The van der Waals surface area contributed by atoms with Crippen molar-refractivity contribution >= 4 is 17.5 Å². The lowest BCUT2D eigenvalue weighted by atomic mass is 10.1. The molecule has 0 aliphatic carbocycles. The Morgan fingerprint density at radius 1 is 1.35 bits per heavy atom. The van der Waals surface area contributed by atoms with E-state index in [-0.39, 0.29) is 11.9 Å². The average molecular weight is 298 g/mol. The maximum Gasteiger partial charge on any atom is 0.261 e. The summed E-state index contributed by atoms with van der Waals surface area (Å²) in [5.74, 6) is 1.00. The van der Waals surface area contributed by atoms with E-state index in [1.807, 2.05) is 26.8 Å². The molecule has 0 aliphatic rings. The first-order valence-electron chi connectivity index (χ1n) is 7.08. The molecule has 0 spiro atoms. The normalized spacial score (nSPS) is 13.9. The highest BCUT2D eigenvalue weighted by molar-refractivity contribution is 6.31. The van der Waals surface area contributed by atoms with Crippen LogP contribution in [0, 0.1) is 12.8 Å². The van der Waals surface area contributed by atoms with Crippen molar-refractivity contribution in [3.63, 3.8) is 0 Å². The number of hydrogen-bond acceptors (Lipinski definition) is 2. The molecule has 4 heteroatoms. The van der Waals surface area contributed by atoms with Crippen LogP contribution in [0.2, 0.25) is 5.02 Å². The summed E-state index contributed by atoms with van der Waals surface area (Å²) in [4.78, 5) is 12.2. The second kappa shape index (κ2) is 7.53. The van der Waals surface area contributed by atoms with Crippen LogP contribution in [0.4, 0.5) is 0 Å². The first kappa shape index (κ1) is 16.8. The first-order valence-corrected chi connectivity index (χ1v) is 7.46. The Labute approximate surface area is 126 Å². The van der Waals surface area contributed by atoms with Gasteiger partial charge < -0.3 is 10.1 Å². The molecule has 0 aliphatic heterocycles. The third-order valence-electron chi connectivity index (χ3n) is 3.44. The summed E-state index contributed by atoms with van der Waals surface area (Å²) in [7, 11) is 0. The predicted octanol–water partition coefficient (Wildman–Crippen LogP) is 3.97. The Morgan fingerprint density at radius 3 is 2.50 bits per heavy atom. The SMILES string of the molecule is CCC(Oc1ccc(Cl)c(C)c1)C(=O)NC(C)C(C)C. The Morgan fingerprint density at radius 2 is 2.00 bits per heavy atom. The standard InChI is InChI=1S/C16H24ClNO2/c1-6-15(16(19)18-12(5)10(2)3)20-13-7-8-14(17)11(4)9-13/h7-10,12,15H,6H2,1-5H3,(H,18,19). The number of halogens is 1. The van der Waals surface area contributed by atoms with Gasteiger partial charge in [0.15, 0.2) is 6.10 Å². The molecular formula is C16H24ClNO2. The van der Waals surface area contributed by atoms with Crippen LogP contribution in [0.25, 0.3) is 0 Å². The molecule has 2 unspecified atom stereocenters. The summed E-state index contributed by atoms with van der Waals surface area (Å²) in [5.41, 5.74) is 0.940. The van der Waals surface area contributed by atoms with Crippen LogP contribution in [-0.4, -0.2) is 18.1 Å². The van der Waals surface area contributed by atoms with Crippen molar-refractivity contribution in [2.24, 2.45) is 5.92 Å². The second-order valence-electron chi connectivity index (χ2n) is 5.47. The van der Waals surface area contributed by atoms with Crippen molar-refractivity contribution in [3.05, 3.63) is 28.8 Å². The predicted molar refractivity (Wildman–Crippen MR) is 83.3 cm³/mol. The Bertz CT molecular complexity index is 460. The lowest BCUT2D eigenvalue weighted by molar-refractivity contribution is -0.129. The number of benzene rings is 1. The molecule has 0 aromatic heterocycles. The summed E-state index contributed by atoms with van der Waals surface area (Å²) in [6.07, 6.45) is 0.148. The van der Waals surface area contributed by atoms with Crippen molar-refractivity contribution in [3.8, 4) is 5.75 Å². The van der Waals surface area contributed by atoms with Crippen molar-refractivity contribution in [1.29, 1.82) is 0 Å². The van der Waals surface area contributed by atoms with Gasteiger partial charge in [-0.2, -0.15) is 0 Å². The Hall–Kier alpha value is -1.22. The molecule has 0 saturated carbocycles. The van der Waals surface area contributed by atoms with Gasteiger partial charge in [0.05, 0.1) is 0 Å². The Kier molecular flexibility index (Phi) is 6.34. The largest absolute Gasteiger partial charge is 0.481 e. The van der Waals surface area contributed by atoms with Crippen LogP contribution in [0.5, 0.6) is 5.75 Å². The number of ether oxygens (including phenoxy) is 1. The van der Waals surface area contributed by atoms with Crippen molar-refractivity contribution in [1.82, 2.24) is 5.32 Å². The van der Waals surface area contributed by atoms with Crippen LogP contribution in [0.3, 0.4) is 0 Å². The molecule has 1 N–H and O–H groups in total. The maximum atomic E-state index is 12.2. The fourth-order valence-corrected chi connectivity index (χ4v) is 1.78. The molecule has 112 valence electrons. The topological polar surface area (TPSA) is 38.3 Å². The van der Waals surface area contributed by atoms with E-state index in [0.29, 0.717) is 23.1 Å². The van der Waals surface area contributed by atoms with Gasteiger partial charge in [0.2, 0.25) is 0 Å². The fourth-order valence-electron chi connectivity index (χ4n) is 1.66. The van der Waals surface area contributed by atoms with Crippen LogP contribution < -0.4 is 10.1 Å². The molecule has 1 rings (SSSR count). The number of amides is 1. The highest BCUT2D eigenvalue weighted by atomic mass is 35.5. The zero-order chi connectivity index (χ0) is 15.3.